The van der Waals surface area contributed by atoms with Gasteiger partial charge in [0.05, 0.1) is 6.61 Å². The first kappa shape index (κ1) is 11.2. The molecule has 0 aliphatic carbocycles. The topological polar surface area (TPSA) is 52.6 Å². The summed E-state index contributed by atoms with van der Waals surface area (Å²) < 4.78 is 66.5. The maximum Gasteiger partial charge on any atom is 0.573 e. The van der Waals surface area contributed by atoms with Gasteiger partial charge in [-0.3, -0.25) is 4.18 Å². The predicted octanol–water partition coefficient (Wildman–Crippen LogP) is 1.80. The van der Waals surface area contributed by atoms with Crippen molar-refractivity contribution < 1.29 is 30.5 Å². The average Bonchev–Trinajstić information content (AvgIpc) is 2.41. The van der Waals surface area contributed by atoms with Crippen LogP contribution in [-0.2, 0) is 20.9 Å². The highest BCUT2D eigenvalue weighted by molar-refractivity contribution is 7.87. The summed E-state index contributed by atoms with van der Waals surface area (Å²) in [5, 5.41) is 0. The van der Waals surface area contributed by atoms with Crippen LogP contribution in [-0.4, -0.2) is 14.8 Å². The molecule has 0 N–H and O–H groups in total. The zero-order valence-corrected chi connectivity index (χ0v) is 8.43. The number of fused-ring (bicyclic) bond motifs is 1. The molecule has 2 rings (SSSR count). The van der Waals surface area contributed by atoms with E-state index in [0.29, 0.717) is 0 Å². The quantitative estimate of drug-likeness (QED) is 0.717. The first-order valence-corrected chi connectivity index (χ1v) is 5.47. The molecule has 8 heteroatoms. The molecule has 1 aromatic carbocycles. The number of hydrogen-bond acceptors (Lipinski definition) is 4. The molecule has 0 bridgehead atoms. The molecule has 0 unspecified atom stereocenters. The fourth-order valence-corrected chi connectivity index (χ4v) is 2.45. The maximum absolute atomic E-state index is 12.0. The number of benzene rings is 1. The minimum Gasteiger partial charge on any atom is -0.405 e. The highest BCUT2D eigenvalue weighted by Gasteiger charge is 2.36. The summed E-state index contributed by atoms with van der Waals surface area (Å²) in [6.07, 6.45) is -4.86. The molecule has 4 nitrogen and oxygen atoms in total. The summed E-state index contributed by atoms with van der Waals surface area (Å²) in [7, 11) is -3.93. The lowest BCUT2D eigenvalue weighted by atomic mass is 10.2. The van der Waals surface area contributed by atoms with Gasteiger partial charge in [0.25, 0.3) is 10.1 Å². The molecule has 0 aromatic heterocycles. The van der Waals surface area contributed by atoms with Crippen LogP contribution >= 0.6 is 0 Å². The molecular formula is C8H5F3O4S. The van der Waals surface area contributed by atoms with Gasteiger partial charge in [-0.15, -0.1) is 13.2 Å². The minimum absolute atomic E-state index is 0.111. The van der Waals surface area contributed by atoms with Crippen molar-refractivity contribution in [3.63, 3.8) is 0 Å². The highest BCUT2D eigenvalue weighted by atomic mass is 32.2. The van der Waals surface area contributed by atoms with E-state index in [1.807, 2.05) is 0 Å². The molecule has 88 valence electrons. The van der Waals surface area contributed by atoms with Crippen molar-refractivity contribution in [1.82, 2.24) is 0 Å². The first-order chi connectivity index (χ1) is 7.30. The Balaban J connectivity index is 2.48. The van der Waals surface area contributed by atoms with Gasteiger partial charge in [0.2, 0.25) is 0 Å². The lowest BCUT2D eigenvalue weighted by molar-refractivity contribution is -0.275. The van der Waals surface area contributed by atoms with Crippen LogP contribution in [0.2, 0.25) is 0 Å². The molecule has 0 saturated heterocycles. The lowest BCUT2D eigenvalue weighted by Gasteiger charge is -2.10. The van der Waals surface area contributed by atoms with Gasteiger partial charge >= 0.3 is 6.36 Å². The second-order valence-corrected chi connectivity index (χ2v) is 4.58. The van der Waals surface area contributed by atoms with E-state index >= 15 is 0 Å². The van der Waals surface area contributed by atoms with Gasteiger partial charge < -0.3 is 4.74 Å². The minimum atomic E-state index is -4.86. The van der Waals surface area contributed by atoms with Crippen LogP contribution in [0.1, 0.15) is 5.56 Å². The number of ether oxygens (including phenoxy) is 1. The van der Waals surface area contributed by atoms with Gasteiger partial charge in [-0.1, -0.05) is 6.07 Å². The molecule has 0 fully saturated rings. The van der Waals surface area contributed by atoms with E-state index in [0.717, 1.165) is 12.1 Å². The Hall–Kier alpha value is -1.28. The average molecular weight is 254 g/mol. The number of hydrogen-bond donors (Lipinski definition) is 0. The molecule has 0 amide bonds. The summed E-state index contributed by atoms with van der Waals surface area (Å²) in [5.74, 6) is -0.550. The molecule has 1 aliphatic heterocycles. The zero-order chi connectivity index (χ0) is 12.0. The second-order valence-electron chi connectivity index (χ2n) is 3.00. The Bertz CT molecular complexity index is 521. The number of halogens is 3. The van der Waals surface area contributed by atoms with E-state index < -0.39 is 28.8 Å². The van der Waals surface area contributed by atoms with Gasteiger partial charge in [-0.25, -0.2) is 0 Å². The van der Waals surface area contributed by atoms with Gasteiger partial charge in [0, 0.05) is 5.56 Å². The van der Waals surface area contributed by atoms with Gasteiger partial charge in [-0.05, 0) is 12.1 Å². The smallest absolute Gasteiger partial charge is 0.405 e. The van der Waals surface area contributed by atoms with Crippen molar-refractivity contribution >= 4 is 10.1 Å². The third kappa shape index (κ3) is 1.98. The normalized spacial score (nSPS) is 18.2. The number of alkyl halides is 3. The standard InChI is InChI=1S/C8H5F3O4S/c9-8(10,11)15-6-2-1-3-7-5(6)4-14-16(7,12)13/h1-3H,4H2. The van der Waals surface area contributed by atoms with E-state index in [4.69, 9.17) is 0 Å². The third-order valence-corrected chi connectivity index (χ3v) is 3.29. The largest absolute Gasteiger partial charge is 0.573 e. The Morgan fingerprint density at radius 1 is 1.31 bits per heavy atom. The molecule has 1 aromatic rings. The molecule has 1 aliphatic rings. The van der Waals surface area contributed by atoms with E-state index in [2.05, 4.69) is 8.92 Å². The van der Waals surface area contributed by atoms with Crippen LogP contribution in [0.15, 0.2) is 23.1 Å². The van der Waals surface area contributed by atoms with Crippen LogP contribution in [0.5, 0.6) is 5.75 Å². The van der Waals surface area contributed by atoms with Crippen molar-refractivity contribution in [2.24, 2.45) is 0 Å². The Kier molecular flexibility index (Phi) is 2.35. The van der Waals surface area contributed by atoms with Gasteiger partial charge in [-0.2, -0.15) is 8.42 Å². The predicted molar refractivity (Wildman–Crippen MR) is 45.1 cm³/mol. The summed E-state index contributed by atoms with van der Waals surface area (Å²) >= 11 is 0. The van der Waals surface area contributed by atoms with Crippen molar-refractivity contribution in [2.75, 3.05) is 0 Å². The molecule has 0 atom stereocenters. The summed E-state index contributed by atoms with van der Waals surface area (Å²) in [5.41, 5.74) is -0.111. The highest BCUT2D eigenvalue weighted by Crippen LogP contribution is 2.36. The fourth-order valence-electron chi connectivity index (χ4n) is 1.34. The van der Waals surface area contributed by atoms with Gasteiger partial charge in [0.1, 0.15) is 10.6 Å². The van der Waals surface area contributed by atoms with Crippen molar-refractivity contribution in [3.8, 4) is 5.75 Å². The Morgan fingerprint density at radius 2 is 2.00 bits per heavy atom. The molecule has 0 radical (unpaired) electrons. The van der Waals surface area contributed by atoms with Crippen molar-refractivity contribution in [3.05, 3.63) is 23.8 Å². The van der Waals surface area contributed by atoms with E-state index in [-0.39, 0.29) is 10.5 Å². The van der Waals surface area contributed by atoms with E-state index in [9.17, 15) is 21.6 Å². The van der Waals surface area contributed by atoms with Crippen LogP contribution in [0, 0.1) is 0 Å². The Morgan fingerprint density at radius 3 is 2.62 bits per heavy atom. The lowest BCUT2D eigenvalue weighted by Crippen LogP contribution is -2.18. The molecule has 0 saturated carbocycles. The van der Waals surface area contributed by atoms with E-state index in [1.165, 1.54) is 6.07 Å². The van der Waals surface area contributed by atoms with E-state index in [1.54, 1.807) is 0 Å². The van der Waals surface area contributed by atoms with Crippen LogP contribution in [0.3, 0.4) is 0 Å². The maximum atomic E-state index is 12.0. The van der Waals surface area contributed by atoms with Crippen molar-refractivity contribution in [1.29, 1.82) is 0 Å². The summed E-state index contributed by atoms with van der Waals surface area (Å²) in [6.45, 7) is -0.441. The first-order valence-electron chi connectivity index (χ1n) is 4.07. The molecular weight excluding hydrogens is 249 g/mol. The zero-order valence-electron chi connectivity index (χ0n) is 7.61. The summed E-state index contributed by atoms with van der Waals surface area (Å²) in [4.78, 5) is -0.283. The monoisotopic (exact) mass is 254 g/mol. The van der Waals surface area contributed by atoms with Crippen LogP contribution < -0.4 is 4.74 Å². The van der Waals surface area contributed by atoms with Gasteiger partial charge in [0.15, 0.2) is 0 Å². The van der Waals surface area contributed by atoms with Crippen LogP contribution in [0.4, 0.5) is 13.2 Å². The van der Waals surface area contributed by atoms with Crippen molar-refractivity contribution in [2.45, 2.75) is 17.9 Å². The Labute approximate surface area is 88.7 Å². The fraction of sp³-hybridized carbons (Fsp3) is 0.250. The van der Waals surface area contributed by atoms with Crippen LogP contribution in [0.25, 0.3) is 0 Å². The second kappa shape index (κ2) is 3.36. The molecule has 1 heterocycles. The molecule has 16 heavy (non-hydrogen) atoms. The third-order valence-electron chi connectivity index (χ3n) is 1.94. The number of rotatable bonds is 1. The molecule has 0 spiro atoms. The SMILES string of the molecule is O=S1(=O)OCc2c(OC(F)(F)F)cccc21. The summed E-state index contributed by atoms with van der Waals surface area (Å²) in [6, 6.07) is 3.36.